The molecule has 0 radical (unpaired) electrons. The molecule has 114 valence electrons. The van der Waals surface area contributed by atoms with Crippen molar-refractivity contribution in [1.82, 2.24) is 4.98 Å². The Bertz CT molecular complexity index is 410. The lowest BCUT2D eigenvalue weighted by Gasteiger charge is -2.17. The van der Waals surface area contributed by atoms with Crippen molar-refractivity contribution in [2.24, 2.45) is 5.92 Å². The van der Waals surface area contributed by atoms with Gasteiger partial charge in [-0.05, 0) is 25.3 Å². The summed E-state index contributed by atoms with van der Waals surface area (Å²) in [6, 6.07) is 1.74. The van der Waals surface area contributed by atoms with Crippen LogP contribution < -0.4 is 10.6 Å². The molecule has 1 aromatic heterocycles. The first-order valence-electron chi connectivity index (χ1n) is 7.46. The van der Waals surface area contributed by atoms with Gasteiger partial charge in [0.15, 0.2) is 0 Å². The molecule has 0 aliphatic rings. The standard InChI is InChI=1S/C15H25Cl2N3/c1-4-7-8-11(5-2)10-19-15-13(17)9-12(16)14(20-15)18-6-3/h9,11H,4-8,10H2,1-3H3,(H2,18,19,20). The van der Waals surface area contributed by atoms with Gasteiger partial charge in [0.05, 0.1) is 10.0 Å². The molecule has 1 aromatic rings. The summed E-state index contributed by atoms with van der Waals surface area (Å²) in [5.41, 5.74) is 0. The van der Waals surface area contributed by atoms with Gasteiger partial charge < -0.3 is 10.6 Å². The van der Waals surface area contributed by atoms with Crippen molar-refractivity contribution >= 4 is 34.8 Å². The van der Waals surface area contributed by atoms with E-state index >= 15 is 0 Å². The summed E-state index contributed by atoms with van der Waals surface area (Å²) >= 11 is 12.3. The summed E-state index contributed by atoms with van der Waals surface area (Å²) in [5, 5.41) is 7.62. The van der Waals surface area contributed by atoms with Crippen LogP contribution in [0.25, 0.3) is 0 Å². The average Bonchev–Trinajstić information content (AvgIpc) is 2.43. The number of hydrogen-bond donors (Lipinski definition) is 2. The average molecular weight is 318 g/mol. The molecule has 20 heavy (non-hydrogen) atoms. The fourth-order valence-electron chi connectivity index (χ4n) is 2.07. The number of rotatable bonds is 9. The third-order valence-corrected chi connectivity index (χ3v) is 3.95. The van der Waals surface area contributed by atoms with Gasteiger partial charge in [-0.15, -0.1) is 0 Å². The molecule has 0 fully saturated rings. The molecular weight excluding hydrogens is 293 g/mol. The molecular formula is C15H25Cl2N3. The van der Waals surface area contributed by atoms with Crippen LogP contribution in [0.4, 0.5) is 11.6 Å². The maximum atomic E-state index is 6.20. The molecule has 0 aliphatic heterocycles. The van der Waals surface area contributed by atoms with E-state index in [-0.39, 0.29) is 0 Å². The van der Waals surface area contributed by atoms with Crippen LogP contribution >= 0.6 is 23.2 Å². The van der Waals surface area contributed by atoms with Crippen molar-refractivity contribution in [2.75, 3.05) is 23.7 Å². The second-order valence-corrected chi connectivity index (χ2v) is 5.79. The summed E-state index contributed by atoms with van der Waals surface area (Å²) in [6.45, 7) is 8.14. The highest BCUT2D eigenvalue weighted by molar-refractivity contribution is 6.37. The predicted octanol–water partition coefficient (Wildman–Crippen LogP) is 5.45. The summed E-state index contributed by atoms with van der Waals surface area (Å²) in [6.07, 6.45) is 4.91. The quantitative estimate of drug-likeness (QED) is 0.636. The molecule has 0 bridgehead atoms. The van der Waals surface area contributed by atoms with Crippen molar-refractivity contribution in [3.63, 3.8) is 0 Å². The molecule has 3 nitrogen and oxygen atoms in total. The van der Waals surface area contributed by atoms with Gasteiger partial charge >= 0.3 is 0 Å². The highest BCUT2D eigenvalue weighted by Crippen LogP contribution is 2.29. The minimum absolute atomic E-state index is 0.556. The van der Waals surface area contributed by atoms with Crippen molar-refractivity contribution in [1.29, 1.82) is 0 Å². The number of hydrogen-bond acceptors (Lipinski definition) is 3. The predicted molar refractivity (Wildman–Crippen MR) is 90.2 cm³/mol. The van der Waals surface area contributed by atoms with E-state index in [0.29, 0.717) is 27.6 Å². The molecule has 0 saturated carbocycles. The van der Waals surface area contributed by atoms with Crippen LogP contribution in [0.1, 0.15) is 46.5 Å². The zero-order valence-corrected chi connectivity index (χ0v) is 14.1. The van der Waals surface area contributed by atoms with Crippen molar-refractivity contribution in [3.8, 4) is 0 Å². The molecule has 5 heteroatoms. The van der Waals surface area contributed by atoms with Gasteiger partial charge in [0, 0.05) is 13.1 Å². The third kappa shape index (κ3) is 5.37. The van der Waals surface area contributed by atoms with E-state index in [1.54, 1.807) is 6.07 Å². The van der Waals surface area contributed by atoms with Crippen LogP contribution in [0.5, 0.6) is 0 Å². The van der Waals surface area contributed by atoms with Gasteiger partial charge in [-0.25, -0.2) is 4.98 Å². The highest BCUT2D eigenvalue weighted by atomic mass is 35.5. The third-order valence-electron chi connectivity index (χ3n) is 3.38. The van der Waals surface area contributed by atoms with E-state index in [9.17, 15) is 0 Å². The second kappa shape index (κ2) is 9.30. The largest absolute Gasteiger partial charge is 0.369 e. The summed E-state index contributed by atoms with van der Waals surface area (Å²) in [7, 11) is 0. The fourth-order valence-corrected chi connectivity index (χ4v) is 2.56. The Morgan fingerprint density at radius 2 is 1.75 bits per heavy atom. The zero-order chi connectivity index (χ0) is 15.0. The first-order chi connectivity index (χ1) is 9.62. The molecule has 0 saturated heterocycles. The van der Waals surface area contributed by atoms with Gasteiger partial charge in [-0.3, -0.25) is 0 Å². The molecule has 1 rings (SSSR count). The number of aromatic nitrogens is 1. The molecule has 0 aromatic carbocycles. The Balaban J connectivity index is 2.68. The fraction of sp³-hybridized carbons (Fsp3) is 0.667. The van der Waals surface area contributed by atoms with E-state index in [0.717, 1.165) is 19.5 Å². The van der Waals surface area contributed by atoms with Crippen molar-refractivity contribution in [2.45, 2.75) is 46.5 Å². The zero-order valence-electron chi connectivity index (χ0n) is 12.6. The van der Waals surface area contributed by atoms with Gasteiger partial charge in [0.1, 0.15) is 11.6 Å². The van der Waals surface area contributed by atoms with Crippen molar-refractivity contribution in [3.05, 3.63) is 16.1 Å². The van der Waals surface area contributed by atoms with Gasteiger partial charge in [-0.1, -0.05) is 56.3 Å². The van der Waals surface area contributed by atoms with Crippen LogP contribution in [0, 0.1) is 5.92 Å². The van der Waals surface area contributed by atoms with E-state index in [1.165, 1.54) is 19.3 Å². The summed E-state index contributed by atoms with van der Waals surface area (Å²) in [4.78, 5) is 4.46. The SMILES string of the molecule is CCCCC(CC)CNc1nc(NCC)c(Cl)cc1Cl. The molecule has 2 N–H and O–H groups in total. The lowest BCUT2D eigenvalue weighted by Crippen LogP contribution is -2.15. The number of unbranched alkanes of at least 4 members (excludes halogenated alkanes) is 1. The molecule has 0 amide bonds. The Kier molecular flexibility index (Phi) is 8.08. The summed E-state index contributed by atoms with van der Waals surface area (Å²) in [5.74, 6) is 2.05. The minimum atomic E-state index is 0.556. The lowest BCUT2D eigenvalue weighted by molar-refractivity contribution is 0.472. The maximum absolute atomic E-state index is 6.20. The lowest BCUT2D eigenvalue weighted by atomic mass is 9.99. The molecule has 0 aliphatic carbocycles. The Morgan fingerprint density at radius 3 is 2.30 bits per heavy atom. The van der Waals surface area contributed by atoms with E-state index < -0.39 is 0 Å². The van der Waals surface area contributed by atoms with Crippen LogP contribution in [0.2, 0.25) is 10.0 Å². The topological polar surface area (TPSA) is 37.0 Å². The van der Waals surface area contributed by atoms with Crippen LogP contribution in [0.15, 0.2) is 6.07 Å². The van der Waals surface area contributed by atoms with Crippen LogP contribution in [0.3, 0.4) is 0 Å². The minimum Gasteiger partial charge on any atom is -0.369 e. The molecule has 1 heterocycles. The monoisotopic (exact) mass is 317 g/mol. The van der Waals surface area contributed by atoms with Gasteiger partial charge in [0.25, 0.3) is 0 Å². The Labute approximate surface area is 132 Å². The van der Waals surface area contributed by atoms with Gasteiger partial charge in [0.2, 0.25) is 0 Å². The number of nitrogens with one attached hydrogen (secondary N) is 2. The van der Waals surface area contributed by atoms with Crippen LogP contribution in [-0.2, 0) is 0 Å². The first-order valence-corrected chi connectivity index (χ1v) is 8.21. The normalized spacial score (nSPS) is 12.2. The number of nitrogens with zero attached hydrogens (tertiary/aromatic N) is 1. The maximum Gasteiger partial charge on any atom is 0.147 e. The highest BCUT2D eigenvalue weighted by Gasteiger charge is 2.11. The number of pyridine rings is 1. The number of anilines is 2. The molecule has 0 spiro atoms. The van der Waals surface area contributed by atoms with E-state index in [2.05, 4.69) is 29.5 Å². The number of halogens is 2. The van der Waals surface area contributed by atoms with E-state index in [1.807, 2.05) is 6.92 Å². The van der Waals surface area contributed by atoms with Crippen molar-refractivity contribution < 1.29 is 0 Å². The Hall–Kier alpha value is -0.670. The van der Waals surface area contributed by atoms with E-state index in [4.69, 9.17) is 23.2 Å². The van der Waals surface area contributed by atoms with Crippen LogP contribution in [-0.4, -0.2) is 18.1 Å². The molecule has 1 atom stereocenters. The second-order valence-electron chi connectivity index (χ2n) is 4.98. The molecule has 1 unspecified atom stereocenters. The Morgan fingerprint density at radius 1 is 1.10 bits per heavy atom. The summed E-state index contributed by atoms with van der Waals surface area (Å²) < 4.78 is 0. The van der Waals surface area contributed by atoms with Gasteiger partial charge in [-0.2, -0.15) is 0 Å². The first kappa shape index (κ1) is 17.4. The smallest absolute Gasteiger partial charge is 0.147 e.